The van der Waals surface area contributed by atoms with Crippen LogP contribution >= 0.6 is 34.8 Å². The largest absolute Gasteiger partial charge is 0.507 e. The average molecular weight is 528 g/mol. The maximum Gasteiger partial charge on any atom is 0.258 e. The summed E-state index contributed by atoms with van der Waals surface area (Å²) in [6, 6.07) is 21.8. The molecule has 178 valence electrons. The van der Waals surface area contributed by atoms with E-state index in [9.17, 15) is 9.90 Å². The van der Waals surface area contributed by atoms with Crippen molar-refractivity contribution in [3.8, 4) is 5.75 Å². The lowest BCUT2D eigenvalue weighted by Gasteiger charge is -2.14. The third kappa shape index (κ3) is 6.45. The van der Waals surface area contributed by atoms with Crippen molar-refractivity contribution >= 4 is 41.0 Å². The molecular formula is C27H21Cl3N2O3. The summed E-state index contributed by atoms with van der Waals surface area (Å²) in [5.74, 6) is -0.146. The Hall–Kier alpha value is -3.25. The van der Waals surface area contributed by atoms with Gasteiger partial charge in [0.25, 0.3) is 5.56 Å². The molecule has 0 atom stereocenters. The first-order valence-corrected chi connectivity index (χ1v) is 11.9. The Kier molecular flexibility index (Phi) is 8.13. The van der Waals surface area contributed by atoms with Crippen LogP contribution in [0, 0.1) is 0 Å². The number of hydrogen-bond donors (Lipinski definition) is 1. The minimum absolute atomic E-state index is 0.146. The Labute approximate surface area is 217 Å². The molecule has 0 bridgehead atoms. The third-order valence-corrected chi connectivity index (χ3v) is 6.16. The highest BCUT2D eigenvalue weighted by Gasteiger charge is 2.16. The highest BCUT2D eigenvalue weighted by molar-refractivity contribution is 6.35. The molecule has 0 aliphatic rings. The normalized spacial score (nSPS) is 11.2. The molecule has 0 aliphatic heterocycles. The number of nitrogens with zero attached hydrogens (tertiary/aromatic N) is 2. The molecule has 3 aromatic carbocycles. The molecule has 0 unspecified atom stereocenters. The van der Waals surface area contributed by atoms with E-state index < -0.39 is 0 Å². The zero-order chi connectivity index (χ0) is 24.8. The standard InChI is InChI=1S/C27H21Cl3N2O3/c28-22-8-4-7-19(11-22)17-35-31-14-21-16-32(15-20-9-10-23(29)13-25(20)30)27(34)24(26(21)33)12-18-5-2-1-3-6-18/h1-11,13-14,16,33H,12,15,17H2/b31-14+. The SMILES string of the molecule is O=c1c(Cc2ccccc2)c(O)c(/C=N/OCc2cccc(Cl)c2)cn1Cc1ccc(Cl)cc1Cl. The van der Waals surface area contributed by atoms with Crippen molar-refractivity contribution in [1.82, 2.24) is 4.57 Å². The molecule has 4 aromatic rings. The Morgan fingerprint density at radius 1 is 0.914 bits per heavy atom. The van der Waals surface area contributed by atoms with Crippen molar-refractivity contribution in [1.29, 1.82) is 0 Å². The molecule has 0 fully saturated rings. The molecule has 0 saturated carbocycles. The highest BCUT2D eigenvalue weighted by atomic mass is 35.5. The predicted molar refractivity (Wildman–Crippen MR) is 141 cm³/mol. The molecule has 8 heteroatoms. The molecule has 1 aromatic heterocycles. The smallest absolute Gasteiger partial charge is 0.258 e. The lowest BCUT2D eigenvalue weighted by atomic mass is 10.0. The van der Waals surface area contributed by atoms with Gasteiger partial charge in [0.15, 0.2) is 0 Å². The van der Waals surface area contributed by atoms with Gasteiger partial charge in [-0.05, 0) is 41.0 Å². The number of benzene rings is 3. The monoisotopic (exact) mass is 526 g/mol. The van der Waals surface area contributed by atoms with Crippen LogP contribution in [-0.4, -0.2) is 15.9 Å². The number of aromatic hydroxyl groups is 1. The van der Waals surface area contributed by atoms with E-state index in [1.165, 1.54) is 17.0 Å². The van der Waals surface area contributed by atoms with Crippen molar-refractivity contribution < 1.29 is 9.94 Å². The molecule has 5 nitrogen and oxygen atoms in total. The summed E-state index contributed by atoms with van der Waals surface area (Å²) in [6.45, 7) is 0.399. The number of pyridine rings is 1. The van der Waals surface area contributed by atoms with Crippen molar-refractivity contribution in [2.45, 2.75) is 19.6 Å². The zero-order valence-corrected chi connectivity index (χ0v) is 20.8. The molecule has 1 N–H and O–H groups in total. The number of oxime groups is 1. The fourth-order valence-electron chi connectivity index (χ4n) is 3.57. The van der Waals surface area contributed by atoms with Crippen LogP contribution in [0.5, 0.6) is 5.75 Å². The van der Waals surface area contributed by atoms with E-state index in [0.717, 1.165) is 16.7 Å². The number of hydrogen-bond acceptors (Lipinski definition) is 4. The molecule has 0 spiro atoms. The summed E-state index contributed by atoms with van der Waals surface area (Å²) in [5.41, 5.74) is 2.73. The molecule has 1 heterocycles. The van der Waals surface area contributed by atoms with E-state index in [4.69, 9.17) is 39.6 Å². The lowest BCUT2D eigenvalue weighted by molar-refractivity contribution is 0.132. The van der Waals surface area contributed by atoms with Gasteiger partial charge < -0.3 is 14.5 Å². The van der Waals surface area contributed by atoms with Crippen LogP contribution in [0.4, 0.5) is 0 Å². The first-order chi connectivity index (χ1) is 16.9. The average Bonchev–Trinajstić information content (AvgIpc) is 2.84. The maximum absolute atomic E-state index is 13.3. The summed E-state index contributed by atoms with van der Waals surface area (Å²) >= 11 is 18.4. The van der Waals surface area contributed by atoms with E-state index in [1.807, 2.05) is 42.5 Å². The van der Waals surface area contributed by atoms with Gasteiger partial charge in [0.1, 0.15) is 12.4 Å². The Bertz CT molecular complexity index is 1420. The quantitative estimate of drug-likeness (QED) is 0.205. The second-order valence-electron chi connectivity index (χ2n) is 7.88. The van der Waals surface area contributed by atoms with Gasteiger partial charge in [-0.25, -0.2) is 0 Å². The van der Waals surface area contributed by atoms with Crippen LogP contribution in [0.3, 0.4) is 0 Å². The fourth-order valence-corrected chi connectivity index (χ4v) is 4.25. The van der Waals surface area contributed by atoms with E-state index in [2.05, 4.69) is 5.16 Å². The van der Waals surface area contributed by atoms with Gasteiger partial charge in [-0.1, -0.05) is 88.5 Å². The summed E-state index contributed by atoms with van der Waals surface area (Å²) in [7, 11) is 0. The summed E-state index contributed by atoms with van der Waals surface area (Å²) in [5, 5.41) is 16.5. The zero-order valence-electron chi connectivity index (χ0n) is 18.5. The molecule has 0 amide bonds. The molecule has 0 saturated heterocycles. The van der Waals surface area contributed by atoms with Gasteiger partial charge in [0.05, 0.1) is 23.9 Å². The van der Waals surface area contributed by atoms with Crippen molar-refractivity contribution in [2.75, 3.05) is 0 Å². The maximum atomic E-state index is 13.3. The number of rotatable bonds is 8. The molecule has 0 radical (unpaired) electrons. The van der Waals surface area contributed by atoms with Crippen LogP contribution in [0.1, 0.15) is 27.8 Å². The van der Waals surface area contributed by atoms with Gasteiger partial charge in [-0.3, -0.25) is 4.79 Å². The highest BCUT2D eigenvalue weighted by Crippen LogP contribution is 2.24. The van der Waals surface area contributed by atoms with E-state index in [0.29, 0.717) is 20.6 Å². The van der Waals surface area contributed by atoms with E-state index in [-0.39, 0.29) is 36.4 Å². The molecule has 4 rings (SSSR count). The predicted octanol–water partition coefficient (Wildman–Crippen LogP) is 6.70. The summed E-state index contributed by atoms with van der Waals surface area (Å²) in [4.78, 5) is 18.7. The van der Waals surface area contributed by atoms with Crippen LogP contribution < -0.4 is 5.56 Å². The van der Waals surface area contributed by atoms with Crippen LogP contribution in [0.2, 0.25) is 15.1 Å². The van der Waals surface area contributed by atoms with Gasteiger partial charge in [0.2, 0.25) is 0 Å². The van der Waals surface area contributed by atoms with Gasteiger partial charge in [-0.2, -0.15) is 0 Å². The topological polar surface area (TPSA) is 63.8 Å². The summed E-state index contributed by atoms with van der Waals surface area (Å²) in [6.07, 6.45) is 3.17. The second-order valence-corrected chi connectivity index (χ2v) is 9.16. The van der Waals surface area contributed by atoms with E-state index >= 15 is 0 Å². The molecule has 0 aliphatic carbocycles. The van der Waals surface area contributed by atoms with Crippen molar-refractivity contribution in [3.05, 3.63) is 132 Å². The van der Waals surface area contributed by atoms with Gasteiger partial charge in [0, 0.05) is 27.7 Å². The van der Waals surface area contributed by atoms with Crippen LogP contribution in [0.25, 0.3) is 0 Å². The Morgan fingerprint density at radius 2 is 1.66 bits per heavy atom. The number of aromatic nitrogens is 1. The first-order valence-electron chi connectivity index (χ1n) is 10.7. The summed E-state index contributed by atoms with van der Waals surface area (Å²) < 4.78 is 1.49. The van der Waals surface area contributed by atoms with Crippen LogP contribution in [-0.2, 0) is 24.4 Å². The second kappa shape index (κ2) is 11.5. The Morgan fingerprint density at radius 3 is 2.40 bits per heavy atom. The Balaban J connectivity index is 1.66. The fraction of sp³-hybridized carbons (Fsp3) is 0.111. The molecular weight excluding hydrogens is 507 g/mol. The minimum atomic E-state index is -0.325. The van der Waals surface area contributed by atoms with E-state index in [1.54, 1.807) is 30.3 Å². The first kappa shape index (κ1) is 24.9. The lowest BCUT2D eigenvalue weighted by Crippen LogP contribution is -2.25. The van der Waals surface area contributed by atoms with Crippen molar-refractivity contribution in [3.63, 3.8) is 0 Å². The molecule has 35 heavy (non-hydrogen) atoms. The van der Waals surface area contributed by atoms with Crippen molar-refractivity contribution in [2.24, 2.45) is 5.16 Å². The van der Waals surface area contributed by atoms with Gasteiger partial charge in [-0.15, -0.1) is 0 Å². The van der Waals surface area contributed by atoms with Gasteiger partial charge >= 0.3 is 0 Å². The minimum Gasteiger partial charge on any atom is -0.507 e. The number of halogens is 3. The third-order valence-electron chi connectivity index (χ3n) is 5.34. The van der Waals surface area contributed by atoms with Crippen LogP contribution in [0.15, 0.2) is 88.9 Å².